The highest BCUT2D eigenvalue weighted by molar-refractivity contribution is 5.79. The minimum Gasteiger partial charge on any atom is -0.337 e. The number of fused-ring (bicyclic) bond motifs is 1. The fourth-order valence-corrected chi connectivity index (χ4v) is 5.00. The quantitative estimate of drug-likeness (QED) is 0.552. The average molecular weight is 470 g/mol. The number of nitrogens with zero attached hydrogens (tertiary/aromatic N) is 2. The molecule has 2 aromatic rings. The average Bonchev–Trinajstić information content (AvgIpc) is 3.39. The van der Waals surface area contributed by atoms with Crippen LogP contribution in [0.1, 0.15) is 46.7 Å². The summed E-state index contributed by atoms with van der Waals surface area (Å²) in [5, 5.41) is 0. The van der Waals surface area contributed by atoms with Crippen molar-refractivity contribution in [3.63, 3.8) is 0 Å². The van der Waals surface area contributed by atoms with Gasteiger partial charge in [0.2, 0.25) is 5.91 Å². The third-order valence-corrected chi connectivity index (χ3v) is 6.59. The lowest BCUT2D eigenvalue weighted by Crippen LogP contribution is -2.44. The van der Waals surface area contributed by atoms with Gasteiger partial charge in [-0.3, -0.25) is 9.69 Å². The van der Waals surface area contributed by atoms with Crippen molar-refractivity contribution in [3.8, 4) is 0 Å². The normalized spacial score (nSPS) is 21.3. The zero-order chi connectivity index (χ0) is 24.0. The molecule has 1 amide bonds. The molecule has 4 rings (SSSR count). The van der Waals surface area contributed by atoms with Gasteiger partial charge in [0.15, 0.2) is 0 Å². The maximum absolute atomic E-state index is 13.2. The number of benzene rings is 2. The number of alkyl halides is 6. The van der Waals surface area contributed by atoms with Crippen LogP contribution < -0.4 is 0 Å². The van der Waals surface area contributed by atoms with E-state index >= 15 is 0 Å². The van der Waals surface area contributed by atoms with Crippen LogP contribution in [0.4, 0.5) is 26.3 Å². The molecule has 1 saturated heterocycles. The van der Waals surface area contributed by atoms with Crippen molar-refractivity contribution in [1.82, 2.24) is 9.80 Å². The molecule has 0 saturated carbocycles. The molecule has 2 atom stereocenters. The van der Waals surface area contributed by atoms with Gasteiger partial charge in [-0.15, -0.1) is 0 Å². The number of amides is 1. The Morgan fingerprint density at radius 1 is 0.970 bits per heavy atom. The Hall–Kier alpha value is -2.55. The van der Waals surface area contributed by atoms with E-state index in [0.29, 0.717) is 12.1 Å². The van der Waals surface area contributed by atoms with Gasteiger partial charge < -0.3 is 4.90 Å². The third kappa shape index (κ3) is 4.88. The molecule has 0 spiro atoms. The molecule has 0 aromatic heterocycles. The molecular weight excluding hydrogens is 446 g/mol. The minimum absolute atomic E-state index is 0.0334. The summed E-state index contributed by atoms with van der Waals surface area (Å²) in [5.74, 6) is -0.520. The molecular formula is C24H24F6N2O. The van der Waals surface area contributed by atoms with Crippen molar-refractivity contribution >= 4 is 5.91 Å². The molecule has 9 heteroatoms. The number of halogens is 6. The summed E-state index contributed by atoms with van der Waals surface area (Å²) in [4.78, 5) is 16.9. The van der Waals surface area contributed by atoms with Crippen LogP contribution in [0.25, 0.3) is 0 Å². The number of carbonyl (C=O) groups excluding carboxylic acids is 1. The van der Waals surface area contributed by atoms with E-state index in [4.69, 9.17) is 0 Å². The SMILES string of the molecule is CN(C(=O)Cc1cc(C(F)(F)F)cc(C(F)(F)F)c1)[C@@H]1c2ccccc2C[C@H]1N1CCCC1. The summed E-state index contributed by atoms with van der Waals surface area (Å²) in [7, 11) is 1.58. The Morgan fingerprint density at radius 3 is 2.12 bits per heavy atom. The summed E-state index contributed by atoms with van der Waals surface area (Å²) in [5.41, 5.74) is -1.05. The molecule has 0 radical (unpaired) electrons. The van der Waals surface area contributed by atoms with Crippen LogP contribution in [0.2, 0.25) is 0 Å². The van der Waals surface area contributed by atoms with Gasteiger partial charge in [0, 0.05) is 13.1 Å². The predicted octanol–water partition coefficient (Wildman–Crippen LogP) is 5.49. The number of carbonyl (C=O) groups is 1. The molecule has 2 aromatic carbocycles. The predicted molar refractivity (Wildman–Crippen MR) is 110 cm³/mol. The largest absolute Gasteiger partial charge is 0.416 e. The van der Waals surface area contributed by atoms with Gasteiger partial charge in [0.25, 0.3) is 0 Å². The Bertz CT molecular complexity index is 994. The van der Waals surface area contributed by atoms with Crippen LogP contribution in [0, 0.1) is 0 Å². The maximum Gasteiger partial charge on any atom is 0.416 e. The number of hydrogen-bond donors (Lipinski definition) is 0. The molecule has 33 heavy (non-hydrogen) atoms. The highest BCUT2D eigenvalue weighted by Gasteiger charge is 2.41. The topological polar surface area (TPSA) is 23.6 Å². The Labute approximate surface area is 188 Å². The summed E-state index contributed by atoms with van der Waals surface area (Å²) in [6, 6.07) is 8.79. The lowest BCUT2D eigenvalue weighted by molar-refractivity contribution is -0.143. The van der Waals surface area contributed by atoms with Crippen molar-refractivity contribution in [1.29, 1.82) is 0 Å². The molecule has 1 aliphatic heterocycles. The van der Waals surface area contributed by atoms with Gasteiger partial charge in [-0.25, -0.2) is 0 Å². The van der Waals surface area contributed by atoms with Gasteiger partial charge in [-0.2, -0.15) is 26.3 Å². The highest BCUT2D eigenvalue weighted by Crippen LogP contribution is 2.40. The Balaban J connectivity index is 1.63. The van der Waals surface area contributed by atoms with Gasteiger partial charge >= 0.3 is 12.4 Å². The Kier molecular flexibility index (Phi) is 6.20. The van der Waals surface area contributed by atoms with Gasteiger partial charge in [0.1, 0.15) is 0 Å². The molecule has 0 bridgehead atoms. The summed E-state index contributed by atoms with van der Waals surface area (Å²) >= 11 is 0. The van der Waals surface area contributed by atoms with E-state index < -0.39 is 35.8 Å². The second-order valence-corrected chi connectivity index (χ2v) is 8.75. The molecule has 3 nitrogen and oxygen atoms in total. The van der Waals surface area contributed by atoms with Crippen molar-refractivity contribution in [2.45, 2.75) is 50.1 Å². The molecule has 1 aliphatic carbocycles. The van der Waals surface area contributed by atoms with Crippen LogP contribution in [0.15, 0.2) is 42.5 Å². The van der Waals surface area contributed by atoms with Gasteiger partial charge in [-0.1, -0.05) is 24.3 Å². The minimum atomic E-state index is -4.95. The van der Waals surface area contributed by atoms with Crippen LogP contribution in [0.5, 0.6) is 0 Å². The molecule has 1 heterocycles. The highest BCUT2D eigenvalue weighted by atomic mass is 19.4. The zero-order valence-corrected chi connectivity index (χ0v) is 18.0. The lowest BCUT2D eigenvalue weighted by atomic mass is 10.0. The molecule has 0 unspecified atom stereocenters. The summed E-state index contributed by atoms with van der Waals surface area (Å²) in [6.45, 7) is 1.81. The van der Waals surface area contributed by atoms with E-state index in [9.17, 15) is 31.1 Å². The van der Waals surface area contributed by atoms with Crippen molar-refractivity contribution in [2.24, 2.45) is 0 Å². The van der Waals surface area contributed by atoms with Crippen LogP contribution in [0.3, 0.4) is 0 Å². The third-order valence-electron chi connectivity index (χ3n) is 6.59. The van der Waals surface area contributed by atoms with Gasteiger partial charge in [0.05, 0.1) is 23.6 Å². The fraction of sp³-hybridized carbons (Fsp3) is 0.458. The summed E-state index contributed by atoms with van der Waals surface area (Å²) in [6.07, 6.45) is -7.58. The van der Waals surface area contributed by atoms with E-state index in [1.54, 1.807) is 7.05 Å². The first-order chi connectivity index (χ1) is 15.4. The number of rotatable bonds is 4. The smallest absolute Gasteiger partial charge is 0.337 e. The number of likely N-dealkylation sites (tertiary alicyclic amines) is 1. The van der Waals surface area contributed by atoms with Crippen molar-refractivity contribution in [2.75, 3.05) is 20.1 Å². The number of likely N-dealkylation sites (N-methyl/N-ethyl adjacent to an activating group) is 1. The summed E-state index contributed by atoms with van der Waals surface area (Å²) < 4.78 is 79.2. The first kappa shape index (κ1) is 23.6. The second-order valence-electron chi connectivity index (χ2n) is 8.75. The lowest BCUT2D eigenvalue weighted by Gasteiger charge is -2.35. The molecule has 2 aliphatic rings. The Morgan fingerprint density at radius 2 is 1.55 bits per heavy atom. The fourth-order valence-electron chi connectivity index (χ4n) is 5.00. The van der Waals surface area contributed by atoms with Gasteiger partial charge in [-0.05, 0) is 67.2 Å². The maximum atomic E-state index is 13.2. The van der Waals surface area contributed by atoms with E-state index in [-0.39, 0.29) is 23.7 Å². The van der Waals surface area contributed by atoms with E-state index in [0.717, 1.165) is 43.5 Å². The molecule has 1 fully saturated rings. The monoisotopic (exact) mass is 470 g/mol. The van der Waals surface area contributed by atoms with E-state index in [1.807, 2.05) is 24.3 Å². The zero-order valence-electron chi connectivity index (χ0n) is 18.0. The van der Waals surface area contributed by atoms with Crippen molar-refractivity contribution < 1.29 is 31.1 Å². The van der Waals surface area contributed by atoms with Crippen LogP contribution in [-0.4, -0.2) is 41.9 Å². The van der Waals surface area contributed by atoms with Crippen molar-refractivity contribution in [3.05, 3.63) is 70.3 Å². The second kappa shape index (κ2) is 8.66. The van der Waals surface area contributed by atoms with Crippen LogP contribution in [-0.2, 0) is 30.0 Å². The van der Waals surface area contributed by atoms with E-state index in [1.165, 1.54) is 4.90 Å². The van der Waals surface area contributed by atoms with E-state index in [2.05, 4.69) is 4.90 Å². The molecule has 178 valence electrons. The first-order valence-electron chi connectivity index (χ1n) is 10.8. The standard InChI is InChI=1S/C24H24F6N2O/c1-31(22-19-7-3-2-6-16(19)13-20(22)32-8-4-5-9-32)21(33)12-15-10-17(23(25,26)27)14-18(11-15)24(28,29)30/h2-3,6-7,10-11,14,20,22H,4-5,8-9,12-13H2,1H3/t20-,22-/m1/s1. The first-order valence-corrected chi connectivity index (χ1v) is 10.8. The molecule has 0 N–H and O–H groups in total. The van der Waals surface area contributed by atoms with Crippen LogP contribution >= 0.6 is 0 Å². The number of hydrogen-bond acceptors (Lipinski definition) is 2.